The van der Waals surface area contributed by atoms with Crippen LogP contribution in [0.3, 0.4) is 0 Å². The van der Waals surface area contributed by atoms with Crippen LogP contribution >= 0.6 is 11.5 Å². The summed E-state index contributed by atoms with van der Waals surface area (Å²) < 4.78 is 32.5. The number of rotatable bonds is 10. The van der Waals surface area contributed by atoms with Crippen molar-refractivity contribution in [1.29, 1.82) is 0 Å². The number of hydrogen-bond acceptors (Lipinski definition) is 7. The Morgan fingerprint density at radius 2 is 1.53 bits per heavy atom. The van der Waals surface area contributed by atoms with Gasteiger partial charge in [0.2, 0.25) is 11.5 Å². The van der Waals surface area contributed by atoms with Crippen LogP contribution in [0.1, 0.15) is 19.8 Å². The average molecular weight is 430 g/mol. The van der Waals surface area contributed by atoms with E-state index in [1.54, 1.807) is 28.4 Å². The standard InChI is InChI=1S/C23H27NO5S/c1-6-7-12-29-16-10-8-15(9-11-16)20-14-18(24-30-20)17-13-19(25-2)22(27-4)23(28-5)21(17)26-3/h8-11,13-14H,6-7,12H2,1-5H3. The van der Waals surface area contributed by atoms with Crippen molar-refractivity contribution in [3.63, 3.8) is 0 Å². The maximum Gasteiger partial charge on any atom is 0.207 e. The van der Waals surface area contributed by atoms with Crippen LogP contribution in [0, 0.1) is 0 Å². The summed E-state index contributed by atoms with van der Waals surface area (Å²) in [7, 11) is 6.32. The van der Waals surface area contributed by atoms with Gasteiger partial charge in [-0.3, -0.25) is 0 Å². The molecule has 3 aromatic rings. The van der Waals surface area contributed by atoms with Gasteiger partial charge in [0.25, 0.3) is 0 Å². The summed E-state index contributed by atoms with van der Waals surface area (Å²) in [6, 6.07) is 12.0. The molecule has 1 heterocycles. The minimum atomic E-state index is 0.470. The summed E-state index contributed by atoms with van der Waals surface area (Å²) in [6.07, 6.45) is 2.17. The van der Waals surface area contributed by atoms with Gasteiger partial charge in [-0.1, -0.05) is 13.3 Å². The van der Waals surface area contributed by atoms with Gasteiger partial charge in [-0.2, -0.15) is 4.37 Å². The molecule has 0 aliphatic heterocycles. The van der Waals surface area contributed by atoms with E-state index in [4.69, 9.17) is 23.7 Å². The second-order valence-electron chi connectivity index (χ2n) is 6.53. The molecular formula is C23H27NO5S. The molecule has 6 nitrogen and oxygen atoms in total. The fraction of sp³-hybridized carbons (Fsp3) is 0.348. The summed E-state index contributed by atoms with van der Waals surface area (Å²) >= 11 is 1.42. The van der Waals surface area contributed by atoms with Gasteiger partial charge in [-0.25, -0.2) is 0 Å². The summed E-state index contributed by atoms with van der Waals surface area (Å²) in [6.45, 7) is 2.89. The lowest BCUT2D eigenvalue weighted by molar-refractivity contribution is 0.306. The molecule has 1 aromatic heterocycles. The van der Waals surface area contributed by atoms with E-state index in [0.29, 0.717) is 23.0 Å². The molecule has 3 rings (SSSR count). The molecule has 0 unspecified atom stereocenters. The first-order chi connectivity index (χ1) is 14.7. The van der Waals surface area contributed by atoms with Crippen LogP contribution in [-0.4, -0.2) is 39.4 Å². The summed E-state index contributed by atoms with van der Waals surface area (Å²) in [5.41, 5.74) is 2.62. The fourth-order valence-corrected chi connectivity index (χ4v) is 3.86. The summed E-state index contributed by atoms with van der Waals surface area (Å²) in [5, 5.41) is 0. The molecule has 0 saturated carbocycles. The Balaban J connectivity index is 1.94. The van der Waals surface area contributed by atoms with E-state index in [9.17, 15) is 0 Å². The van der Waals surface area contributed by atoms with E-state index in [1.807, 2.05) is 36.4 Å². The third-order valence-corrected chi connectivity index (χ3v) is 5.52. The van der Waals surface area contributed by atoms with Crippen molar-refractivity contribution in [3.05, 3.63) is 36.4 Å². The lowest BCUT2D eigenvalue weighted by Gasteiger charge is -2.17. The monoisotopic (exact) mass is 429 g/mol. The topological polar surface area (TPSA) is 59.0 Å². The number of nitrogens with zero attached hydrogens (tertiary/aromatic N) is 1. The fourth-order valence-electron chi connectivity index (χ4n) is 3.11. The van der Waals surface area contributed by atoms with E-state index in [0.717, 1.165) is 46.9 Å². The largest absolute Gasteiger partial charge is 0.494 e. The second-order valence-corrected chi connectivity index (χ2v) is 7.33. The van der Waals surface area contributed by atoms with Gasteiger partial charge < -0.3 is 23.7 Å². The number of unbranched alkanes of at least 4 members (excludes halogenated alkanes) is 1. The molecule has 0 amide bonds. The van der Waals surface area contributed by atoms with Crippen LogP contribution in [0.15, 0.2) is 36.4 Å². The Bertz CT molecular complexity index is 968. The normalized spacial score (nSPS) is 10.6. The molecule has 2 aromatic carbocycles. The second kappa shape index (κ2) is 10.2. The van der Waals surface area contributed by atoms with E-state index in [-0.39, 0.29) is 0 Å². The first-order valence-electron chi connectivity index (χ1n) is 9.74. The van der Waals surface area contributed by atoms with Crippen molar-refractivity contribution in [2.45, 2.75) is 19.8 Å². The number of methoxy groups -OCH3 is 4. The molecule has 0 radical (unpaired) electrons. The average Bonchev–Trinajstić information content (AvgIpc) is 3.28. The summed E-state index contributed by atoms with van der Waals surface area (Å²) in [5.74, 6) is 2.93. The minimum absolute atomic E-state index is 0.470. The van der Waals surface area contributed by atoms with Crippen LogP contribution < -0.4 is 23.7 Å². The van der Waals surface area contributed by atoms with Gasteiger partial charge in [-0.15, -0.1) is 0 Å². The molecule has 0 bridgehead atoms. The molecule has 0 spiro atoms. The lowest BCUT2D eigenvalue weighted by atomic mass is 10.1. The maximum absolute atomic E-state index is 5.75. The van der Waals surface area contributed by atoms with Crippen molar-refractivity contribution < 1.29 is 23.7 Å². The Kier molecular flexibility index (Phi) is 7.41. The van der Waals surface area contributed by atoms with Crippen LogP contribution in [0.2, 0.25) is 0 Å². The Morgan fingerprint density at radius 3 is 2.13 bits per heavy atom. The third kappa shape index (κ3) is 4.46. The van der Waals surface area contributed by atoms with Crippen molar-refractivity contribution in [3.8, 4) is 50.4 Å². The molecule has 0 aliphatic rings. The van der Waals surface area contributed by atoms with Crippen molar-refractivity contribution >= 4 is 11.5 Å². The van der Waals surface area contributed by atoms with Gasteiger partial charge in [0.1, 0.15) is 5.75 Å². The van der Waals surface area contributed by atoms with Gasteiger partial charge in [0.15, 0.2) is 11.5 Å². The highest BCUT2D eigenvalue weighted by molar-refractivity contribution is 7.09. The van der Waals surface area contributed by atoms with E-state index < -0.39 is 0 Å². The van der Waals surface area contributed by atoms with E-state index >= 15 is 0 Å². The molecule has 0 atom stereocenters. The van der Waals surface area contributed by atoms with Crippen LogP contribution in [0.4, 0.5) is 0 Å². The van der Waals surface area contributed by atoms with Crippen LogP contribution in [-0.2, 0) is 0 Å². The quantitative estimate of drug-likeness (QED) is 0.386. The first-order valence-corrected chi connectivity index (χ1v) is 10.5. The Hall–Kier alpha value is -2.93. The molecular weight excluding hydrogens is 402 g/mol. The Morgan fingerprint density at radius 1 is 0.833 bits per heavy atom. The van der Waals surface area contributed by atoms with Gasteiger partial charge in [0.05, 0.1) is 51.2 Å². The third-order valence-electron chi connectivity index (χ3n) is 4.68. The number of aromatic nitrogens is 1. The molecule has 0 saturated heterocycles. The predicted octanol–water partition coefficient (Wildman–Crippen LogP) is 5.69. The molecule has 160 valence electrons. The molecule has 30 heavy (non-hydrogen) atoms. The predicted molar refractivity (Wildman–Crippen MR) is 120 cm³/mol. The smallest absolute Gasteiger partial charge is 0.207 e. The van der Waals surface area contributed by atoms with E-state index in [2.05, 4.69) is 11.3 Å². The van der Waals surface area contributed by atoms with Crippen molar-refractivity contribution in [2.75, 3.05) is 35.0 Å². The number of ether oxygens (including phenoxy) is 5. The van der Waals surface area contributed by atoms with Crippen molar-refractivity contribution in [1.82, 2.24) is 4.37 Å². The molecule has 7 heteroatoms. The number of benzene rings is 2. The van der Waals surface area contributed by atoms with Gasteiger partial charge >= 0.3 is 0 Å². The molecule has 0 fully saturated rings. The lowest BCUT2D eigenvalue weighted by Crippen LogP contribution is -1.99. The van der Waals surface area contributed by atoms with Gasteiger partial charge in [-0.05, 0) is 59.9 Å². The van der Waals surface area contributed by atoms with E-state index in [1.165, 1.54) is 11.5 Å². The SMILES string of the molecule is CCCCOc1ccc(-c2cc(-c3cc(OC)c(OC)c(OC)c3OC)ns2)cc1. The highest BCUT2D eigenvalue weighted by Gasteiger charge is 2.23. The van der Waals surface area contributed by atoms with Crippen LogP contribution in [0.25, 0.3) is 21.7 Å². The summed E-state index contributed by atoms with van der Waals surface area (Å²) in [4.78, 5) is 1.04. The maximum atomic E-state index is 5.75. The molecule has 0 aliphatic carbocycles. The zero-order valence-electron chi connectivity index (χ0n) is 18.0. The van der Waals surface area contributed by atoms with Crippen LogP contribution in [0.5, 0.6) is 28.7 Å². The first kappa shape index (κ1) is 21.8. The van der Waals surface area contributed by atoms with Gasteiger partial charge in [0, 0.05) is 0 Å². The highest BCUT2D eigenvalue weighted by Crippen LogP contribution is 2.50. The zero-order valence-corrected chi connectivity index (χ0v) is 18.8. The zero-order chi connectivity index (χ0) is 21.5. The molecule has 0 N–H and O–H groups in total. The number of hydrogen-bond donors (Lipinski definition) is 0. The van der Waals surface area contributed by atoms with Crippen molar-refractivity contribution in [2.24, 2.45) is 0 Å². The Labute approximate surface area is 181 Å². The highest BCUT2D eigenvalue weighted by atomic mass is 32.1. The minimum Gasteiger partial charge on any atom is -0.494 e.